The quantitative estimate of drug-likeness (QED) is 0.803. The first kappa shape index (κ1) is 13.1. The van der Waals surface area contributed by atoms with Crippen LogP contribution >= 0.6 is 0 Å². The SMILES string of the molecule is CCC1CCCCC1Nc1ccc(C(C)=O)cc1. The summed E-state index contributed by atoms with van der Waals surface area (Å²) < 4.78 is 0. The van der Waals surface area contributed by atoms with Crippen LogP contribution in [0, 0.1) is 5.92 Å². The normalized spacial score (nSPS) is 23.7. The molecule has 1 aliphatic carbocycles. The highest BCUT2D eigenvalue weighted by Crippen LogP contribution is 2.29. The first-order valence-electron chi connectivity index (χ1n) is 7.08. The van der Waals surface area contributed by atoms with E-state index in [9.17, 15) is 4.79 Å². The molecule has 0 bridgehead atoms. The Labute approximate surface area is 110 Å². The number of rotatable bonds is 4. The lowest BCUT2D eigenvalue weighted by molar-refractivity contribution is 0.101. The lowest BCUT2D eigenvalue weighted by atomic mass is 9.83. The molecule has 2 atom stereocenters. The van der Waals surface area contributed by atoms with Gasteiger partial charge in [-0.25, -0.2) is 0 Å². The molecule has 0 aromatic heterocycles. The van der Waals surface area contributed by atoms with E-state index in [1.165, 1.54) is 32.1 Å². The molecule has 0 heterocycles. The second-order valence-electron chi connectivity index (χ2n) is 5.34. The number of nitrogens with one attached hydrogen (secondary N) is 1. The summed E-state index contributed by atoms with van der Waals surface area (Å²) in [6, 6.07) is 8.48. The van der Waals surface area contributed by atoms with Crippen LogP contribution in [0.3, 0.4) is 0 Å². The molecule has 1 fully saturated rings. The number of hydrogen-bond donors (Lipinski definition) is 1. The van der Waals surface area contributed by atoms with Crippen LogP contribution in [0.4, 0.5) is 5.69 Å². The highest BCUT2D eigenvalue weighted by atomic mass is 16.1. The molecule has 1 N–H and O–H groups in total. The van der Waals surface area contributed by atoms with E-state index in [0.717, 1.165) is 17.2 Å². The fraction of sp³-hybridized carbons (Fsp3) is 0.562. The van der Waals surface area contributed by atoms with Crippen molar-refractivity contribution in [2.45, 2.75) is 52.0 Å². The van der Waals surface area contributed by atoms with Gasteiger partial charge in [0.1, 0.15) is 0 Å². The smallest absolute Gasteiger partial charge is 0.159 e. The second-order valence-corrected chi connectivity index (χ2v) is 5.34. The highest BCUT2D eigenvalue weighted by Gasteiger charge is 2.23. The van der Waals surface area contributed by atoms with Crippen LogP contribution in [0.15, 0.2) is 24.3 Å². The molecule has 0 saturated heterocycles. The predicted molar refractivity (Wildman–Crippen MR) is 76.1 cm³/mol. The molecule has 1 aliphatic rings. The van der Waals surface area contributed by atoms with Gasteiger partial charge in [0.2, 0.25) is 0 Å². The van der Waals surface area contributed by atoms with Gasteiger partial charge in [-0.3, -0.25) is 4.79 Å². The van der Waals surface area contributed by atoms with Gasteiger partial charge in [0.25, 0.3) is 0 Å². The summed E-state index contributed by atoms with van der Waals surface area (Å²) in [6.45, 7) is 3.89. The van der Waals surface area contributed by atoms with Gasteiger partial charge in [0.15, 0.2) is 5.78 Å². The van der Waals surface area contributed by atoms with E-state index >= 15 is 0 Å². The van der Waals surface area contributed by atoms with Crippen LogP contribution in [0.1, 0.15) is 56.3 Å². The molecular formula is C16H23NO. The van der Waals surface area contributed by atoms with E-state index in [1.54, 1.807) is 6.92 Å². The molecule has 0 radical (unpaired) electrons. The van der Waals surface area contributed by atoms with Crippen molar-refractivity contribution in [2.75, 3.05) is 5.32 Å². The molecule has 2 nitrogen and oxygen atoms in total. The summed E-state index contributed by atoms with van der Waals surface area (Å²) >= 11 is 0. The Balaban J connectivity index is 2.01. The van der Waals surface area contributed by atoms with E-state index in [4.69, 9.17) is 0 Å². The molecule has 2 rings (SSSR count). The zero-order valence-electron chi connectivity index (χ0n) is 11.4. The Hall–Kier alpha value is -1.31. The maximum Gasteiger partial charge on any atom is 0.159 e. The Morgan fingerprint density at radius 3 is 2.50 bits per heavy atom. The monoisotopic (exact) mass is 245 g/mol. The van der Waals surface area contributed by atoms with Crippen molar-refractivity contribution < 1.29 is 4.79 Å². The van der Waals surface area contributed by atoms with Crippen LogP contribution in [-0.2, 0) is 0 Å². The molecule has 98 valence electrons. The minimum absolute atomic E-state index is 0.130. The minimum Gasteiger partial charge on any atom is -0.382 e. The zero-order valence-corrected chi connectivity index (χ0v) is 11.4. The summed E-state index contributed by atoms with van der Waals surface area (Å²) in [5, 5.41) is 3.64. The van der Waals surface area contributed by atoms with E-state index in [2.05, 4.69) is 12.2 Å². The third-order valence-electron chi connectivity index (χ3n) is 4.08. The van der Waals surface area contributed by atoms with Gasteiger partial charge in [-0.15, -0.1) is 0 Å². The number of Topliss-reactive ketones (excluding diaryl/α,β-unsaturated/α-hetero) is 1. The lowest BCUT2D eigenvalue weighted by Crippen LogP contribution is -2.31. The summed E-state index contributed by atoms with van der Waals surface area (Å²) in [6.07, 6.45) is 6.58. The van der Waals surface area contributed by atoms with Gasteiger partial charge < -0.3 is 5.32 Å². The lowest BCUT2D eigenvalue weighted by Gasteiger charge is -2.32. The molecular weight excluding hydrogens is 222 g/mol. The summed E-state index contributed by atoms with van der Waals surface area (Å²) in [7, 11) is 0. The maximum atomic E-state index is 11.2. The van der Waals surface area contributed by atoms with Crippen LogP contribution in [0.25, 0.3) is 0 Å². The number of carbonyl (C=O) groups is 1. The Bertz CT molecular complexity index is 396. The van der Waals surface area contributed by atoms with Crippen molar-refractivity contribution in [1.82, 2.24) is 0 Å². The molecule has 18 heavy (non-hydrogen) atoms. The summed E-state index contributed by atoms with van der Waals surface area (Å²) in [5.41, 5.74) is 1.93. The van der Waals surface area contributed by atoms with E-state index < -0.39 is 0 Å². The second kappa shape index (κ2) is 6.03. The topological polar surface area (TPSA) is 29.1 Å². The van der Waals surface area contributed by atoms with Crippen molar-refractivity contribution in [1.29, 1.82) is 0 Å². The summed E-state index contributed by atoms with van der Waals surface area (Å²) in [5.74, 6) is 0.928. The Morgan fingerprint density at radius 2 is 1.89 bits per heavy atom. The van der Waals surface area contributed by atoms with Crippen LogP contribution in [0.2, 0.25) is 0 Å². The number of hydrogen-bond acceptors (Lipinski definition) is 2. The molecule has 0 amide bonds. The number of ketones is 1. The van der Waals surface area contributed by atoms with Gasteiger partial charge in [-0.1, -0.05) is 26.2 Å². The van der Waals surface area contributed by atoms with E-state index in [0.29, 0.717) is 6.04 Å². The van der Waals surface area contributed by atoms with Crippen molar-refractivity contribution in [2.24, 2.45) is 5.92 Å². The van der Waals surface area contributed by atoms with Gasteiger partial charge in [0, 0.05) is 17.3 Å². The van der Waals surface area contributed by atoms with Crippen molar-refractivity contribution in [3.05, 3.63) is 29.8 Å². The highest BCUT2D eigenvalue weighted by molar-refractivity contribution is 5.94. The Kier molecular flexibility index (Phi) is 4.40. The zero-order chi connectivity index (χ0) is 13.0. The number of anilines is 1. The van der Waals surface area contributed by atoms with Crippen LogP contribution < -0.4 is 5.32 Å². The van der Waals surface area contributed by atoms with Crippen molar-refractivity contribution in [3.63, 3.8) is 0 Å². The first-order chi connectivity index (χ1) is 8.70. The minimum atomic E-state index is 0.130. The molecule has 1 aromatic carbocycles. The van der Waals surface area contributed by atoms with Gasteiger partial charge in [-0.2, -0.15) is 0 Å². The summed E-state index contributed by atoms with van der Waals surface area (Å²) in [4.78, 5) is 11.2. The van der Waals surface area contributed by atoms with Crippen LogP contribution in [-0.4, -0.2) is 11.8 Å². The van der Waals surface area contributed by atoms with Crippen molar-refractivity contribution in [3.8, 4) is 0 Å². The van der Waals surface area contributed by atoms with Gasteiger partial charge in [0.05, 0.1) is 0 Å². The van der Waals surface area contributed by atoms with Crippen LogP contribution in [0.5, 0.6) is 0 Å². The molecule has 0 aliphatic heterocycles. The Morgan fingerprint density at radius 1 is 1.22 bits per heavy atom. The standard InChI is InChI=1S/C16H23NO/c1-3-13-6-4-5-7-16(13)17-15-10-8-14(9-11-15)12(2)18/h8-11,13,16-17H,3-7H2,1-2H3. The fourth-order valence-corrected chi connectivity index (χ4v) is 2.90. The first-order valence-corrected chi connectivity index (χ1v) is 7.08. The maximum absolute atomic E-state index is 11.2. The molecule has 2 heteroatoms. The largest absolute Gasteiger partial charge is 0.382 e. The number of benzene rings is 1. The van der Waals surface area contributed by atoms with Crippen molar-refractivity contribution >= 4 is 11.5 Å². The molecule has 2 unspecified atom stereocenters. The molecule has 0 spiro atoms. The average Bonchev–Trinajstić information content (AvgIpc) is 2.40. The fourth-order valence-electron chi connectivity index (χ4n) is 2.90. The predicted octanol–water partition coefficient (Wildman–Crippen LogP) is 4.27. The van der Waals surface area contributed by atoms with E-state index in [1.807, 2.05) is 24.3 Å². The average molecular weight is 245 g/mol. The van der Waals surface area contributed by atoms with Gasteiger partial charge >= 0.3 is 0 Å². The van der Waals surface area contributed by atoms with E-state index in [-0.39, 0.29) is 5.78 Å². The third-order valence-corrected chi connectivity index (χ3v) is 4.08. The third kappa shape index (κ3) is 3.12. The number of carbonyl (C=O) groups excluding carboxylic acids is 1. The molecule has 1 aromatic rings. The molecule has 1 saturated carbocycles. The van der Waals surface area contributed by atoms with Gasteiger partial charge in [-0.05, 0) is 49.9 Å².